The highest BCUT2D eigenvalue weighted by Crippen LogP contribution is 2.27. The van der Waals surface area contributed by atoms with Gasteiger partial charge in [-0.05, 0) is 51.3 Å². The number of carbonyl (C=O) groups is 2. The molecule has 0 saturated heterocycles. The van der Waals surface area contributed by atoms with Crippen molar-refractivity contribution in [1.29, 1.82) is 0 Å². The first-order chi connectivity index (χ1) is 12.0. The lowest BCUT2D eigenvalue weighted by Gasteiger charge is -2.10. The number of fused-ring (bicyclic) bond motifs is 1. The van der Waals surface area contributed by atoms with Gasteiger partial charge in [0.1, 0.15) is 0 Å². The Kier molecular flexibility index (Phi) is 5.11. The highest BCUT2D eigenvalue weighted by atomic mass is 35.5. The second-order valence-corrected chi connectivity index (χ2v) is 6.55. The topological polar surface area (TPSA) is 75.8 Å². The molecule has 0 bridgehead atoms. The molecule has 0 saturated carbocycles. The normalized spacial score (nSPS) is 15.9. The summed E-state index contributed by atoms with van der Waals surface area (Å²) in [6.07, 6.45) is 0.780. The van der Waals surface area contributed by atoms with Crippen molar-refractivity contribution in [2.75, 3.05) is 27.2 Å². The molecule has 7 heteroatoms. The van der Waals surface area contributed by atoms with Gasteiger partial charge in [0.25, 0.3) is 0 Å². The number of aliphatic imine (C=N–C) groups is 1. The van der Waals surface area contributed by atoms with E-state index in [9.17, 15) is 9.59 Å². The molecule has 0 spiro atoms. The number of nitrogens with zero attached hydrogens (tertiary/aromatic N) is 3. The second kappa shape index (κ2) is 7.29. The van der Waals surface area contributed by atoms with E-state index in [4.69, 9.17) is 16.0 Å². The molecule has 0 aliphatic heterocycles. The maximum atomic E-state index is 12.6. The summed E-state index contributed by atoms with van der Waals surface area (Å²) in [4.78, 5) is 35.4. The Labute approximate surface area is 150 Å². The smallest absolute Gasteiger partial charge is 0.229 e. The average molecular weight is 360 g/mol. The zero-order valence-corrected chi connectivity index (χ0v) is 14.8. The summed E-state index contributed by atoms with van der Waals surface area (Å²) in [5, 5.41) is 0.583. The van der Waals surface area contributed by atoms with Crippen molar-refractivity contribution in [2.45, 2.75) is 12.8 Å². The van der Waals surface area contributed by atoms with Crippen molar-refractivity contribution in [3.05, 3.63) is 40.7 Å². The van der Waals surface area contributed by atoms with Crippen molar-refractivity contribution in [2.24, 2.45) is 4.99 Å². The Morgan fingerprint density at radius 3 is 2.64 bits per heavy atom. The molecule has 0 fully saturated rings. The van der Waals surface area contributed by atoms with Gasteiger partial charge in [0, 0.05) is 17.1 Å². The van der Waals surface area contributed by atoms with Crippen LogP contribution in [-0.2, 0) is 0 Å². The van der Waals surface area contributed by atoms with Crippen molar-refractivity contribution in [3.8, 4) is 11.5 Å². The molecule has 1 aromatic heterocycles. The maximum absolute atomic E-state index is 12.6. The summed E-state index contributed by atoms with van der Waals surface area (Å²) in [6.45, 7) is 1.37. The van der Waals surface area contributed by atoms with E-state index in [1.54, 1.807) is 24.3 Å². The number of benzene rings is 1. The molecule has 1 heterocycles. The van der Waals surface area contributed by atoms with Gasteiger partial charge < -0.3 is 9.32 Å². The third-order valence-electron chi connectivity index (χ3n) is 3.84. The third-order valence-corrected chi connectivity index (χ3v) is 4.09. The third kappa shape index (κ3) is 3.86. The number of Topliss-reactive ketones (excluding diaryl/α,β-unsaturated/α-hetero) is 2. The molecule has 0 atom stereocenters. The van der Waals surface area contributed by atoms with E-state index in [0.29, 0.717) is 17.1 Å². The quantitative estimate of drug-likeness (QED) is 0.766. The number of aromatic nitrogens is 1. The summed E-state index contributed by atoms with van der Waals surface area (Å²) in [5.74, 6) is -0.350. The van der Waals surface area contributed by atoms with E-state index < -0.39 is 0 Å². The zero-order valence-electron chi connectivity index (χ0n) is 14.1. The van der Waals surface area contributed by atoms with E-state index in [1.165, 1.54) is 0 Å². The van der Waals surface area contributed by atoms with Crippen LogP contribution in [0.4, 0.5) is 0 Å². The standard InChI is InChI=1S/C18H18ClN3O3/c1-22(2)9-3-8-20-13-10-14(23)17-15(16(13)24)21-18(25-17)11-4-6-12(19)7-5-11/h4-7H,3,8-10H2,1-2H3. The van der Waals surface area contributed by atoms with Gasteiger partial charge in [-0.2, -0.15) is 0 Å². The summed E-state index contributed by atoms with van der Waals surface area (Å²) in [7, 11) is 3.95. The second-order valence-electron chi connectivity index (χ2n) is 6.12. The van der Waals surface area contributed by atoms with E-state index in [0.717, 1.165) is 13.0 Å². The largest absolute Gasteiger partial charge is 0.432 e. The number of carbonyl (C=O) groups excluding carboxylic acids is 2. The number of ketones is 2. The van der Waals surface area contributed by atoms with E-state index in [-0.39, 0.29) is 41.0 Å². The minimum atomic E-state index is -0.330. The predicted molar refractivity (Wildman–Crippen MR) is 95.7 cm³/mol. The van der Waals surface area contributed by atoms with Crippen LogP contribution in [0.5, 0.6) is 0 Å². The van der Waals surface area contributed by atoms with E-state index in [1.807, 2.05) is 19.0 Å². The van der Waals surface area contributed by atoms with Crippen LogP contribution in [0.1, 0.15) is 33.9 Å². The van der Waals surface area contributed by atoms with Crippen molar-refractivity contribution in [3.63, 3.8) is 0 Å². The van der Waals surface area contributed by atoms with Crippen LogP contribution in [0.15, 0.2) is 33.7 Å². The lowest BCUT2D eigenvalue weighted by Crippen LogP contribution is -2.27. The highest BCUT2D eigenvalue weighted by molar-refractivity contribution is 6.52. The molecule has 6 nitrogen and oxygen atoms in total. The van der Waals surface area contributed by atoms with Gasteiger partial charge in [-0.15, -0.1) is 0 Å². The molecule has 1 aromatic carbocycles. The molecule has 0 N–H and O–H groups in total. The van der Waals surface area contributed by atoms with Gasteiger partial charge in [0.2, 0.25) is 23.2 Å². The molecule has 0 unspecified atom stereocenters. The number of hydrogen-bond donors (Lipinski definition) is 0. The summed E-state index contributed by atoms with van der Waals surface area (Å²) < 4.78 is 5.53. The lowest BCUT2D eigenvalue weighted by molar-refractivity contribution is 0.0940. The number of halogens is 1. The molecule has 130 valence electrons. The highest BCUT2D eigenvalue weighted by Gasteiger charge is 2.35. The molecular weight excluding hydrogens is 342 g/mol. The average Bonchev–Trinajstić information content (AvgIpc) is 3.02. The van der Waals surface area contributed by atoms with Crippen LogP contribution in [0.25, 0.3) is 11.5 Å². The van der Waals surface area contributed by atoms with Crippen molar-refractivity contribution in [1.82, 2.24) is 9.88 Å². The molecule has 0 radical (unpaired) electrons. The van der Waals surface area contributed by atoms with Crippen LogP contribution in [-0.4, -0.2) is 54.3 Å². The minimum Gasteiger partial charge on any atom is -0.432 e. The molecule has 1 aliphatic carbocycles. The van der Waals surface area contributed by atoms with Gasteiger partial charge in [0.05, 0.1) is 12.1 Å². The van der Waals surface area contributed by atoms with Crippen LogP contribution in [0.2, 0.25) is 5.02 Å². The zero-order chi connectivity index (χ0) is 18.0. The van der Waals surface area contributed by atoms with Gasteiger partial charge in [-0.3, -0.25) is 14.6 Å². The Hall–Kier alpha value is -2.31. The fraction of sp³-hybridized carbons (Fsp3) is 0.333. The van der Waals surface area contributed by atoms with Gasteiger partial charge in [0.15, 0.2) is 5.69 Å². The molecular formula is C18H18ClN3O3. The lowest BCUT2D eigenvalue weighted by atomic mass is 9.97. The monoisotopic (exact) mass is 359 g/mol. The van der Waals surface area contributed by atoms with Crippen LogP contribution in [0.3, 0.4) is 0 Å². The van der Waals surface area contributed by atoms with Crippen molar-refractivity contribution >= 4 is 28.9 Å². The SMILES string of the molecule is CN(C)CCCN=C1CC(=O)c2oc(-c3ccc(Cl)cc3)nc2C1=O. The van der Waals surface area contributed by atoms with E-state index >= 15 is 0 Å². The Bertz CT molecular complexity index is 838. The maximum Gasteiger partial charge on any atom is 0.229 e. The summed E-state index contributed by atoms with van der Waals surface area (Å²) in [6, 6.07) is 6.85. The first-order valence-corrected chi connectivity index (χ1v) is 8.36. The summed E-state index contributed by atoms with van der Waals surface area (Å²) in [5.41, 5.74) is 0.962. The van der Waals surface area contributed by atoms with Gasteiger partial charge in [-0.25, -0.2) is 4.98 Å². The molecule has 0 amide bonds. The Morgan fingerprint density at radius 1 is 1.24 bits per heavy atom. The number of oxazole rings is 1. The first kappa shape index (κ1) is 17.5. The van der Waals surface area contributed by atoms with Crippen molar-refractivity contribution < 1.29 is 14.0 Å². The van der Waals surface area contributed by atoms with Gasteiger partial charge >= 0.3 is 0 Å². The molecule has 3 rings (SSSR count). The van der Waals surface area contributed by atoms with E-state index in [2.05, 4.69) is 9.98 Å². The number of hydrogen-bond acceptors (Lipinski definition) is 6. The Morgan fingerprint density at radius 2 is 1.96 bits per heavy atom. The molecule has 2 aromatic rings. The number of rotatable bonds is 5. The minimum absolute atomic E-state index is 0.0159. The molecule has 1 aliphatic rings. The van der Waals surface area contributed by atoms with Crippen LogP contribution < -0.4 is 0 Å². The fourth-order valence-corrected chi connectivity index (χ4v) is 2.68. The van der Waals surface area contributed by atoms with Gasteiger partial charge in [-0.1, -0.05) is 11.6 Å². The molecule has 25 heavy (non-hydrogen) atoms. The first-order valence-electron chi connectivity index (χ1n) is 7.98. The fourth-order valence-electron chi connectivity index (χ4n) is 2.56. The Balaban J connectivity index is 1.83. The van der Waals surface area contributed by atoms with Crippen LogP contribution in [0, 0.1) is 0 Å². The summed E-state index contributed by atoms with van der Waals surface area (Å²) >= 11 is 5.87. The van der Waals surface area contributed by atoms with Crippen LogP contribution >= 0.6 is 11.6 Å². The predicted octanol–water partition coefficient (Wildman–Crippen LogP) is 3.16.